The maximum atomic E-state index is 6.03. The van der Waals surface area contributed by atoms with Crippen molar-refractivity contribution in [2.24, 2.45) is 0 Å². The van der Waals surface area contributed by atoms with Crippen LogP contribution in [-0.4, -0.2) is 20.1 Å². The van der Waals surface area contributed by atoms with E-state index in [-0.39, 0.29) is 0 Å². The molecule has 22 heavy (non-hydrogen) atoms. The first-order chi connectivity index (χ1) is 10.7. The third-order valence-electron chi connectivity index (χ3n) is 3.17. The average Bonchev–Trinajstić information content (AvgIpc) is 3.12. The molecular formula is C15H9ClN4O2. The van der Waals surface area contributed by atoms with E-state index >= 15 is 0 Å². The summed E-state index contributed by atoms with van der Waals surface area (Å²) in [6, 6.07) is 9.07. The Morgan fingerprint density at radius 3 is 2.91 bits per heavy atom. The molecular weight excluding hydrogens is 304 g/mol. The number of fused-ring (bicyclic) bond motifs is 1. The number of hydrogen-bond acceptors (Lipinski definition) is 6. The molecule has 6 nitrogen and oxygen atoms in total. The van der Waals surface area contributed by atoms with Gasteiger partial charge in [-0.05, 0) is 30.3 Å². The van der Waals surface area contributed by atoms with Gasteiger partial charge in [-0.15, -0.1) is 0 Å². The molecule has 0 aliphatic rings. The molecule has 4 aromatic rings. The monoisotopic (exact) mass is 312 g/mol. The standard InChI is InChI=1S/C15H9ClN4O2/c1-8-18-11-7-9(4-5-12(11)21-8)14-19-15(22-20-14)10-3-2-6-17-13(10)16/h2-7H,1H3. The summed E-state index contributed by atoms with van der Waals surface area (Å²) in [5.41, 5.74) is 2.86. The molecule has 0 saturated carbocycles. The number of aryl methyl sites for hydroxylation is 1. The molecule has 0 aliphatic carbocycles. The van der Waals surface area contributed by atoms with Crippen LogP contribution < -0.4 is 0 Å². The Hall–Kier alpha value is -2.73. The maximum Gasteiger partial charge on any atom is 0.261 e. The summed E-state index contributed by atoms with van der Waals surface area (Å²) >= 11 is 6.03. The van der Waals surface area contributed by atoms with E-state index in [2.05, 4.69) is 20.1 Å². The summed E-state index contributed by atoms with van der Waals surface area (Å²) in [6.07, 6.45) is 1.60. The van der Waals surface area contributed by atoms with Crippen LogP contribution in [0.15, 0.2) is 45.5 Å². The molecule has 0 fully saturated rings. The van der Waals surface area contributed by atoms with Crippen LogP contribution in [0.3, 0.4) is 0 Å². The van der Waals surface area contributed by atoms with Gasteiger partial charge in [0.15, 0.2) is 11.5 Å². The Morgan fingerprint density at radius 1 is 1.14 bits per heavy atom. The molecule has 0 aliphatic heterocycles. The predicted molar refractivity (Wildman–Crippen MR) is 80.3 cm³/mol. The lowest BCUT2D eigenvalue weighted by atomic mass is 10.2. The Labute approximate surface area is 129 Å². The van der Waals surface area contributed by atoms with Crippen molar-refractivity contribution in [2.75, 3.05) is 0 Å². The normalized spacial score (nSPS) is 11.2. The van der Waals surface area contributed by atoms with Crippen LogP contribution in [0.25, 0.3) is 33.9 Å². The smallest absolute Gasteiger partial charge is 0.261 e. The first-order valence-electron chi connectivity index (χ1n) is 6.53. The zero-order chi connectivity index (χ0) is 15.1. The van der Waals surface area contributed by atoms with Crippen molar-refractivity contribution in [3.8, 4) is 22.8 Å². The number of halogens is 1. The minimum Gasteiger partial charge on any atom is -0.441 e. The van der Waals surface area contributed by atoms with E-state index in [0.717, 1.165) is 16.7 Å². The van der Waals surface area contributed by atoms with E-state index in [1.807, 2.05) is 18.2 Å². The van der Waals surface area contributed by atoms with Crippen LogP contribution in [-0.2, 0) is 0 Å². The molecule has 7 heteroatoms. The molecule has 3 heterocycles. The van der Waals surface area contributed by atoms with Crippen molar-refractivity contribution in [3.63, 3.8) is 0 Å². The molecule has 4 rings (SSSR count). The van der Waals surface area contributed by atoms with Crippen molar-refractivity contribution in [1.82, 2.24) is 20.1 Å². The Kier molecular flexibility index (Phi) is 2.90. The lowest BCUT2D eigenvalue weighted by molar-refractivity contribution is 0.432. The summed E-state index contributed by atoms with van der Waals surface area (Å²) < 4.78 is 10.7. The van der Waals surface area contributed by atoms with Gasteiger partial charge in [0.2, 0.25) is 5.82 Å². The minimum atomic E-state index is 0.320. The second kappa shape index (κ2) is 4.92. The summed E-state index contributed by atoms with van der Waals surface area (Å²) in [4.78, 5) is 12.7. The number of nitrogens with zero attached hydrogens (tertiary/aromatic N) is 4. The molecule has 0 spiro atoms. The van der Waals surface area contributed by atoms with Gasteiger partial charge in [0.25, 0.3) is 5.89 Å². The van der Waals surface area contributed by atoms with E-state index in [0.29, 0.717) is 28.3 Å². The third-order valence-corrected chi connectivity index (χ3v) is 3.47. The highest BCUT2D eigenvalue weighted by Gasteiger charge is 2.14. The van der Waals surface area contributed by atoms with E-state index < -0.39 is 0 Å². The largest absolute Gasteiger partial charge is 0.441 e. The second-order valence-electron chi connectivity index (χ2n) is 4.68. The van der Waals surface area contributed by atoms with Crippen molar-refractivity contribution >= 4 is 22.7 Å². The summed E-state index contributed by atoms with van der Waals surface area (Å²) in [5.74, 6) is 1.39. The Bertz CT molecular complexity index is 977. The minimum absolute atomic E-state index is 0.320. The lowest BCUT2D eigenvalue weighted by Crippen LogP contribution is -1.84. The number of rotatable bonds is 2. The van der Waals surface area contributed by atoms with Gasteiger partial charge in [0, 0.05) is 18.7 Å². The van der Waals surface area contributed by atoms with E-state index in [9.17, 15) is 0 Å². The lowest BCUT2D eigenvalue weighted by Gasteiger charge is -1.95. The molecule has 108 valence electrons. The van der Waals surface area contributed by atoms with Gasteiger partial charge < -0.3 is 8.94 Å². The molecule has 0 radical (unpaired) electrons. The molecule has 0 amide bonds. The van der Waals surface area contributed by atoms with Gasteiger partial charge in [-0.1, -0.05) is 16.8 Å². The van der Waals surface area contributed by atoms with Gasteiger partial charge in [0.1, 0.15) is 10.7 Å². The summed E-state index contributed by atoms with van der Waals surface area (Å²) in [5, 5.41) is 4.31. The zero-order valence-corrected chi connectivity index (χ0v) is 12.2. The van der Waals surface area contributed by atoms with E-state index in [1.165, 1.54) is 0 Å². The third kappa shape index (κ3) is 2.14. The fourth-order valence-corrected chi connectivity index (χ4v) is 2.38. The highest BCUT2D eigenvalue weighted by Crippen LogP contribution is 2.28. The highest BCUT2D eigenvalue weighted by molar-refractivity contribution is 6.31. The molecule has 0 saturated heterocycles. The van der Waals surface area contributed by atoms with Gasteiger partial charge in [-0.3, -0.25) is 0 Å². The summed E-state index contributed by atoms with van der Waals surface area (Å²) in [7, 11) is 0. The first kappa shape index (κ1) is 13.0. The zero-order valence-electron chi connectivity index (χ0n) is 11.4. The topological polar surface area (TPSA) is 77.8 Å². The van der Waals surface area contributed by atoms with Gasteiger partial charge in [-0.25, -0.2) is 9.97 Å². The fourth-order valence-electron chi connectivity index (χ4n) is 2.18. The van der Waals surface area contributed by atoms with Gasteiger partial charge >= 0.3 is 0 Å². The van der Waals surface area contributed by atoms with Crippen LogP contribution >= 0.6 is 11.6 Å². The molecule has 0 unspecified atom stereocenters. The molecule has 3 aromatic heterocycles. The van der Waals surface area contributed by atoms with Gasteiger partial charge in [-0.2, -0.15) is 4.98 Å². The first-order valence-corrected chi connectivity index (χ1v) is 6.91. The van der Waals surface area contributed by atoms with Crippen molar-refractivity contribution in [1.29, 1.82) is 0 Å². The fraction of sp³-hybridized carbons (Fsp3) is 0.0667. The summed E-state index contributed by atoms with van der Waals surface area (Å²) in [6.45, 7) is 1.80. The number of oxazole rings is 1. The Morgan fingerprint density at radius 2 is 2.05 bits per heavy atom. The predicted octanol–water partition coefficient (Wildman–Crippen LogP) is 3.90. The highest BCUT2D eigenvalue weighted by atomic mass is 35.5. The average molecular weight is 313 g/mol. The molecule has 0 atom stereocenters. The number of benzene rings is 1. The van der Waals surface area contributed by atoms with Gasteiger partial charge in [0.05, 0.1) is 5.56 Å². The number of aromatic nitrogens is 4. The van der Waals surface area contributed by atoms with Crippen LogP contribution in [0.1, 0.15) is 5.89 Å². The maximum absolute atomic E-state index is 6.03. The quantitative estimate of drug-likeness (QED) is 0.522. The Balaban J connectivity index is 1.78. The SMILES string of the molecule is Cc1nc2cc(-c3noc(-c4cccnc4Cl)n3)ccc2o1. The molecule has 1 aromatic carbocycles. The molecule has 0 bridgehead atoms. The van der Waals surface area contributed by atoms with E-state index in [4.69, 9.17) is 20.5 Å². The van der Waals surface area contributed by atoms with Crippen molar-refractivity contribution in [3.05, 3.63) is 47.6 Å². The van der Waals surface area contributed by atoms with Crippen molar-refractivity contribution < 1.29 is 8.94 Å². The van der Waals surface area contributed by atoms with Crippen LogP contribution in [0.5, 0.6) is 0 Å². The number of hydrogen-bond donors (Lipinski definition) is 0. The van der Waals surface area contributed by atoms with Crippen LogP contribution in [0.4, 0.5) is 0 Å². The molecule has 0 N–H and O–H groups in total. The van der Waals surface area contributed by atoms with Crippen LogP contribution in [0, 0.1) is 6.92 Å². The number of pyridine rings is 1. The van der Waals surface area contributed by atoms with Crippen LogP contribution in [0.2, 0.25) is 5.15 Å². The van der Waals surface area contributed by atoms with Crippen molar-refractivity contribution in [2.45, 2.75) is 6.92 Å². The second-order valence-corrected chi connectivity index (χ2v) is 5.04. The van der Waals surface area contributed by atoms with E-state index in [1.54, 1.807) is 25.3 Å².